The number of aromatic amines is 1. The monoisotopic (exact) mass is 341 g/mol. The third kappa shape index (κ3) is 2.98. The molecule has 2 heterocycles. The first kappa shape index (κ1) is 15.8. The van der Waals surface area contributed by atoms with Gasteiger partial charge in [-0.15, -0.1) is 0 Å². The minimum Gasteiger partial charge on any atom is -0.354 e. The third-order valence-corrected chi connectivity index (χ3v) is 4.26. The van der Waals surface area contributed by atoms with Crippen molar-refractivity contribution in [3.8, 4) is 33.6 Å². The van der Waals surface area contributed by atoms with Gasteiger partial charge in [0.1, 0.15) is 0 Å². The van der Waals surface area contributed by atoms with Crippen molar-refractivity contribution in [1.82, 2.24) is 9.97 Å². The Labute approximate surface area is 150 Å². The molecule has 1 N–H and O–H groups in total. The van der Waals surface area contributed by atoms with Crippen LogP contribution in [0.25, 0.3) is 33.6 Å². The van der Waals surface area contributed by atoms with Crippen LogP contribution in [0.3, 0.4) is 0 Å². The van der Waals surface area contributed by atoms with Gasteiger partial charge in [-0.2, -0.15) is 0 Å². The van der Waals surface area contributed by atoms with Gasteiger partial charge in [-0.3, -0.25) is 15.1 Å². The number of rotatable bonds is 4. The number of nitro groups is 1. The van der Waals surface area contributed by atoms with Crippen LogP contribution in [0.5, 0.6) is 0 Å². The van der Waals surface area contributed by atoms with Crippen LogP contribution in [0.2, 0.25) is 0 Å². The summed E-state index contributed by atoms with van der Waals surface area (Å²) in [6.45, 7) is 0. The van der Waals surface area contributed by atoms with Crippen LogP contribution in [0, 0.1) is 10.1 Å². The van der Waals surface area contributed by atoms with E-state index in [9.17, 15) is 10.1 Å². The molecule has 0 aliphatic rings. The van der Waals surface area contributed by atoms with E-state index in [1.54, 1.807) is 24.5 Å². The summed E-state index contributed by atoms with van der Waals surface area (Å²) >= 11 is 0. The van der Waals surface area contributed by atoms with Crippen molar-refractivity contribution in [2.24, 2.45) is 0 Å². The fourth-order valence-corrected chi connectivity index (χ4v) is 2.96. The van der Waals surface area contributed by atoms with Crippen LogP contribution < -0.4 is 0 Å². The minimum absolute atomic E-state index is 0.0814. The number of hydrogen-bond acceptors (Lipinski definition) is 3. The Kier molecular flexibility index (Phi) is 4.03. The van der Waals surface area contributed by atoms with Gasteiger partial charge in [0.2, 0.25) is 0 Å². The number of H-pyrrole nitrogens is 1. The lowest BCUT2D eigenvalue weighted by molar-refractivity contribution is -0.384. The molecule has 0 unspecified atom stereocenters. The zero-order chi connectivity index (χ0) is 17.9. The number of pyridine rings is 1. The van der Waals surface area contributed by atoms with E-state index in [0.29, 0.717) is 0 Å². The molecule has 2 aromatic heterocycles. The number of nitrogens with zero attached hydrogens (tertiary/aromatic N) is 2. The molecule has 0 radical (unpaired) electrons. The van der Waals surface area contributed by atoms with Gasteiger partial charge in [-0.25, -0.2) is 0 Å². The lowest BCUT2D eigenvalue weighted by Crippen LogP contribution is -1.87. The Bertz CT molecular complexity index is 983. The maximum Gasteiger partial charge on any atom is 0.269 e. The highest BCUT2D eigenvalue weighted by atomic mass is 16.6. The van der Waals surface area contributed by atoms with Crippen molar-refractivity contribution in [2.45, 2.75) is 0 Å². The molecule has 0 fully saturated rings. The van der Waals surface area contributed by atoms with Crippen LogP contribution in [-0.2, 0) is 0 Å². The maximum absolute atomic E-state index is 10.9. The van der Waals surface area contributed by atoms with Gasteiger partial charge in [0.05, 0.1) is 10.6 Å². The van der Waals surface area contributed by atoms with Gasteiger partial charge < -0.3 is 4.98 Å². The first-order valence-electron chi connectivity index (χ1n) is 8.16. The molecule has 0 aliphatic heterocycles. The highest BCUT2D eigenvalue weighted by Gasteiger charge is 2.14. The lowest BCUT2D eigenvalue weighted by atomic mass is 10.0. The fraction of sp³-hybridized carbons (Fsp3) is 0. The van der Waals surface area contributed by atoms with E-state index in [1.807, 2.05) is 30.3 Å². The van der Waals surface area contributed by atoms with Crippen LogP contribution >= 0.6 is 0 Å². The van der Waals surface area contributed by atoms with Crippen LogP contribution in [0.15, 0.2) is 85.2 Å². The summed E-state index contributed by atoms with van der Waals surface area (Å²) in [5.74, 6) is 0. The molecule has 4 aromatic rings. The number of aromatic nitrogens is 2. The molecule has 0 saturated heterocycles. The van der Waals surface area contributed by atoms with Crippen LogP contribution in [0.1, 0.15) is 0 Å². The number of hydrogen-bond donors (Lipinski definition) is 1. The van der Waals surface area contributed by atoms with Gasteiger partial charge in [-0.05, 0) is 47.0 Å². The van der Waals surface area contributed by atoms with Crippen LogP contribution in [0.4, 0.5) is 5.69 Å². The smallest absolute Gasteiger partial charge is 0.269 e. The Morgan fingerprint density at radius 3 is 2.15 bits per heavy atom. The molecule has 126 valence electrons. The number of non-ortho nitro benzene ring substituents is 1. The van der Waals surface area contributed by atoms with Crippen molar-refractivity contribution in [3.05, 3.63) is 95.3 Å². The Hall–Kier alpha value is -3.73. The van der Waals surface area contributed by atoms with Crippen molar-refractivity contribution in [2.75, 3.05) is 0 Å². The quantitative estimate of drug-likeness (QED) is 0.403. The maximum atomic E-state index is 10.9. The van der Waals surface area contributed by atoms with E-state index in [1.165, 1.54) is 12.1 Å². The van der Waals surface area contributed by atoms with Crippen molar-refractivity contribution >= 4 is 5.69 Å². The fourth-order valence-electron chi connectivity index (χ4n) is 2.96. The predicted molar refractivity (Wildman–Crippen MR) is 102 cm³/mol. The summed E-state index contributed by atoms with van der Waals surface area (Å²) < 4.78 is 0. The van der Waals surface area contributed by atoms with E-state index in [2.05, 4.69) is 28.2 Å². The molecule has 0 bridgehead atoms. The molecule has 0 aliphatic carbocycles. The highest BCUT2D eigenvalue weighted by molar-refractivity contribution is 5.85. The molecule has 2 aromatic carbocycles. The third-order valence-electron chi connectivity index (χ3n) is 4.26. The zero-order valence-corrected chi connectivity index (χ0v) is 13.8. The van der Waals surface area contributed by atoms with E-state index in [0.717, 1.165) is 33.6 Å². The van der Waals surface area contributed by atoms with Crippen molar-refractivity contribution in [1.29, 1.82) is 0 Å². The zero-order valence-electron chi connectivity index (χ0n) is 13.8. The molecule has 26 heavy (non-hydrogen) atoms. The second-order valence-electron chi connectivity index (χ2n) is 5.88. The standard InChI is InChI=1S/C21H15N3O2/c25-24(26)18-8-6-16(7-9-18)20-14-19(15-10-12-22-13-11-15)21(23-20)17-4-2-1-3-5-17/h1-14,23H. The second kappa shape index (κ2) is 6.64. The summed E-state index contributed by atoms with van der Waals surface area (Å²) in [4.78, 5) is 18.0. The van der Waals surface area contributed by atoms with Gasteiger partial charge in [-0.1, -0.05) is 30.3 Å². The summed E-state index contributed by atoms with van der Waals surface area (Å²) in [6, 6.07) is 22.6. The van der Waals surface area contributed by atoms with Gasteiger partial charge in [0.15, 0.2) is 0 Å². The summed E-state index contributed by atoms with van der Waals surface area (Å²) in [5, 5.41) is 10.9. The van der Waals surface area contributed by atoms with E-state index in [-0.39, 0.29) is 5.69 Å². The normalized spacial score (nSPS) is 10.6. The van der Waals surface area contributed by atoms with Gasteiger partial charge >= 0.3 is 0 Å². The largest absolute Gasteiger partial charge is 0.354 e. The highest BCUT2D eigenvalue weighted by Crippen LogP contribution is 2.35. The number of benzene rings is 2. The summed E-state index contributed by atoms with van der Waals surface area (Å²) in [5.41, 5.74) is 6.09. The van der Waals surface area contributed by atoms with Gasteiger partial charge in [0, 0.05) is 35.8 Å². The van der Waals surface area contributed by atoms with E-state index >= 15 is 0 Å². The molecule has 0 amide bonds. The van der Waals surface area contributed by atoms with E-state index in [4.69, 9.17) is 0 Å². The first-order valence-corrected chi connectivity index (χ1v) is 8.16. The average Bonchev–Trinajstić information content (AvgIpc) is 3.15. The molecule has 0 atom stereocenters. The minimum atomic E-state index is -0.393. The van der Waals surface area contributed by atoms with E-state index < -0.39 is 4.92 Å². The summed E-state index contributed by atoms with van der Waals surface area (Å²) in [6.07, 6.45) is 3.53. The Morgan fingerprint density at radius 2 is 1.50 bits per heavy atom. The van der Waals surface area contributed by atoms with Crippen molar-refractivity contribution < 1.29 is 4.92 Å². The topological polar surface area (TPSA) is 71.8 Å². The second-order valence-corrected chi connectivity index (χ2v) is 5.88. The number of nitrogens with one attached hydrogen (secondary N) is 1. The summed E-state index contributed by atoms with van der Waals surface area (Å²) in [7, 11) is 0. The molecule has 0 saturated carbocycles. The lowest BCUT2D eigenvalue weighted by Gasteiger charge is -2.04. The predicted octanol–water partition coefficient (Wildman–Crippen LogP) is 5.32. The Morgan fingerprint density at radius 1 is 0.808 bits per heavy atom. The molecule has 5 heteroatoms. The molecular weight excluding hydrogens is 326 g/mol. The molecule has 0 spiro atoms. The molecule has 5 nitrogen and oxygen atoms in total. The number of nitro benzene ring substituents is 1. The Balaban J connectivity index is 1.85. The first-order chi connectivity index (χ1) is 12.7. The van der Waals surface area contributed by atoms with Gasteiger partial charge in [0.25, 0.3) is 5.69 Å². The van der Waals surface area contributed by atoms with Crippen LogP contribution in [-0.4, -0.2) is 14.9 Å². The molecule has 4 rings (SSSR count). The van der Waals surface area contributed by atoms with Crippen molar-refractivity contribution in [3.63, 3.8) is 0 Å². The molecular formula is C21H15N3O2. The SMILES string of the molecule is O=[N+]([O-])c1ccc(-c2cc(-c3ccncc3)c(-c3ccccc3)[nH]2)cc1. The average molecular weight is 341 g/mol.